The van der Waals surface area contributed by atoms with E-state index in [1.54, 1.807) is 0 Å². The molecular weight excluding hydrogens is 757 g/mol. The van der Waals surface area contributed by atoms with Crippen molar-refractivity contribution in [3.63, 3.8) is 0 Å². The van der Waals surface area contributed by atoms with Crippen LogP contribution in [0.1, 0.15) is 82.2 Å². The molecule has 1 saturated heterocycles. The van der Waals surface area contributed by atoms with Crippen molar-refractivity contribution < 1.29 is 46.0 Å². The first-order valence-corrected chi connectivity index (χ1v) is 21.0. The van der Waals surface area contributed by atoms with Crippen molar-refractivity contribution in [1.82, 2.24) is 30.7 Å². The number of hydrogen-bond acceptors (Lipinski definition) is 15. The van der Waals surface area contributed by atoms with E-state index in [0.29, 0.717) is 49.4 Å². The number of aliphatic hydroxyl groups excluding tert-OH is 6. The van der Waals surface area contributed by atoms with Crippen LogP contribution in [0, 0.1) is 20.8 Å². The smallest absolute Gasteiger partial charge is 0.124 e. The second-order valence-corrected chi connectivity index (χ2v) is 16.1. The molecule has 15 nitrogen and oxygen atoms in total. The second-order valence-electron chi connectivity index (χ2n) is 16.1. The van der Waals surface area contributed by atoms with Crippen LogP contribution in [-0.4, -0.2) is 138 Å². The molecule has 4 rings (SSSR count). The summed E-state index contributed by atoms with van der Waals surface area (Å²) in [7, 11) is 0. The Kier molecular flexibility index (Phi) is 20.2. The van der Waals surface area contributed by atoms with Crippen molar-refractivity contribution in [2.75, 3.05) is 59.1 Å². The number of phenolic OH excluding ortho intramolecular Hbond substituents is 3. The molecule has 15 heteroatoms. The molecule has 3 atom stereocenters. The van der Waals surface area contributed by atoms with Crippen LogP contribution >= 0.6 is 0 Å². The topological polar surface area (TPSA) is 228 Å². The van der Waals surface area contributed by atoms with Crippen LogP contribution in [-0.2, 0) is 39.3 Å². The Bertz CT molecular complexity index is 1650. The summed E-state index contributed by atoms with van der Waals surface area (Å²) in [6.07, 6.45) is -0.443. The van der Waals surface area contributed by atoms with Crippen molar-refractivity contribution in [1.29, 1.82) is 0 Å². The average Bonchev–Trinajstić information content (AvgIpc) is 3.22. The number of nitrogens with one attached hydrogen (secondary N) is 3. The maximum atomic E-state index is 11.4. The van der Waals surface area contributed by atoms with Crippen LogP contribution in [0.2, 0.25) is 0 Å². The molecule has 0 saturated carbocycles. The molecule has 59 heavy (non-hydrogen) atoms. The fourth-order valence-corrected chi connectivity index (χ4v) is 7.78. The minimum absolute atomic E-state index is 0.146. The summed E-state index contributed by atoms with van der Waals surface area (Å²) in [5.74, 6) is 0.530. The van der Waals surface area contributed by atoms with Gasteiger partial charge < -0.3 is 46.0 Å². The van der Waals surface area contributed by atoms with Crippen LogP contribution in [0.25, 0.3) is 0 Å². The van der Waals surface area contributed by atoms with Gasteiger partial charge in [-0.2, -0.15) is 0 Å². The van der Waals surface area contributed by atoms with Crippen molar-refractivity contribution in [3.05, 3.63) is 86.5 Å². The molecule has 1 aliphatic rings. The van der Waals surface area contributed by atoms with Gasteiger partial charge in [-0.3, -0.25) is 30.7 Å². The number of nitrogens with zero attached hydrogens (tertiary/aromatic N) is 3. The Morgan fingerprint density at radius 2 is 0.695 bits per heavy atom. The van der Waals surface area contributed by atoms with E-state index in [1.165, 1.54) is 0 Å². The lowest BCUT2D eigenvalue weighted by atomic mass is 10.0. The molecule has 0 amide bonds. The highest BCUT2D eigenvalue weighted by atomic mass is 16.3. The minimum Gasteiger partial charge on any atom is -0.507 e. The molecule has 1 aliphatic heterocycles. The molecule has 12 N–H and O–H groups in total. The van der Waals surface area contributed by atoms with E-state index in [2.05, 4.69) is 30.7 Å². The van der Waals surface area contributed by atoms with E-state index in [1.807, 2.05) is 57.2 Å². The van der Waals surface area contributed by atoms with Crippen molar-refractivity contribution in [3.8, 4) is 17.2 Å². The number of phenols is 3. The molecule has 0 aromatic heterocycles. The molecule has 3 aromatic rings. The summed E-state index contributed by atoms with van der Waals surface area (Å²) in [5.41, 5.74) is 7.33. The van der Waals surface area contributed by atoms with Gasteiger partial charge in [-0.1, -0.05) is 53.1 Å². The highest BCUT2D eigenvalue weighted by molar-refractivity contribution is 5.45. The van der Waals surface area contributed by atoms with Crippen LogP contribution < -0.4 is 16.0 Å². The number of aryl methyl sites for hydroxylation is 3. The zero-order valence-corrected chi connectivity index (χ0v) is 35.2. The predicted octanol–water partition coefficient (Wildman–Crippen LogP) is 1.70. The lowest BCUT2D eigenvalue weighted by Crippen LogP contribution is -2.36. The summed E-state index contributed by atoms with van der Waals surface area (Å²) in [6, 6.07) is 11.7. The van der Waals surface area contributed by atoms with Gasteiger partial charge in [-0.25, -0.2) is 0 Å². The van der Waals surface area contributed by atoms with E-state index in [9.17, 15) is 46.0 Å². The zero-order valence-electron chi connectivity index (χ0n) is 35.2. The Morgan fingerprint density at radius 1 is 0.441 bits per heavy atom. The van der Waals surface area contributed by atoms with Crippen LogP contribution in [0.15, 0.2) is 36.4 Å². The van der Waals surface area contributed by atoms with Crippen molar-refractivity contribution in [2.24, 2.45) is 0 Å². The quantitative estimate of drug-likeness (QED) is 0.0687. The molecular formula is C44H70N6O9. The highest BCUT2D eigenvalue weighted by Crippen LogP contribution is 2.30. The Morgan fingerprint density at radius 3 is 0.966 bits per heavy atom. The molecule has 1 heterocycles. The first-order chi connectivity index (χ1) is 28.3. The fraction of sp³-hybridized carbons (Fsp3) is 0.591. The van der Waals surface area contributed by atoms with E-state index in [4.69, 9.17) is 0 Å². The van der Waals surface area contributed by atoms with Gasteiger partial charge >= 0.3 is 0 Å². The molecule has 0 aliphatic carbocycles. The highest BCUT2D eigenvalue weighted by Gasteiger charge is 2.21. The zero-order chi connectivity index (χ0) is 42.9. The predicted molar refractivity (Wildman–Crippen MR) is 227 cm³/mol. The average molecular weight is 827 g/mol. The molecule has 0 bridgehead atoms. The van der Waals surface area contributed by atoms with E-state index in [-0.39, 0.29) is 76.0 Å². The monoisotopic (exact) mass is 827 g/mol. The van der Waals surface area contributed by atoms with Crippen molar-refractivity contribution >= 4 is 0 Å². The third kappa shape index (κ3) is 15.8. The Hall–Kier alpha value is -3.42. The summed E-state index contributed by atoms with van der Waals surface area (Å²) in [5, 5.41) is 101. The molecule has 3 unspecified atom stereocenters. The standard InChI is InChI=1S/C44H70N6O9/c1-30-18-33(24-45-39(54)6-15-51)42(57)36(21-30)27-48-9-4-11-49(28-37-22-31(2)19-34(43(37)58)25-46-40(55)7-16-52)13-14-50(12-5-10-48)29-38-23-32(3)20-35(44(38)59)26-47-41(56)8-17-53/h18-23,39-41,45-47,51-59H,4-17,24-29H2,1-3H3. The maximum Gasteiger partial charge on any atom is 0.124 e. The lowest BCUT2D eigenvalue weighted by Gasteiger charge is -2.28. The summed E-state index contributed by atoms with van der Waals surface area (Å²) in [6.45, 7) is 12.1. The second kappa shape index (κ2) is 24.7. The lowest BCUT2D eigenvalue weighted by molar-refractivity contribution is 0.100. The first-order valence-electron chi connectivity index (χ1n) is 21.0. The molecule has 0 radical (unpaired) electrons. The van der Waals surface area contributed by atoms with E-state index >= 15 is 0 Å². The van der Waals surface area contributed by atoms with Gasteiger partial charge in [0.1, 0.15) is 35.9 Å². The SMILES string of the molecule is Cc1cc(CNC(O)CCO)c(O)c(CN2CCCN(Cc3cc(C)cc(CNC(O)CCO)c3O)CCN(Cc3cc(C)cc(CNC(O)CCO)c3O)CCC2)c1. The Balaban J connectivity index is 1.59. The van der Waals surface area contributed by atoms with Crippen LogP contribution in [0.3, 0.4) is 0 Å². The van der Waals surface area contributed by atoms with Gasteiger partial charge in [0.25, 0.3) is 0 Å². The largest absolute Gasteiger partial charge is 0.507 e. The van der Waals surface area contributed by atoms with Gasteiger partial charge in [0.05, 0.1) is 0 Å². The van der Waals surface area contributed by atoms with Gasteiger partial charge in [0, 0.05) is 125 Å². The number of aromatic hydroxyl groups is 3. The van der Waals surface area contributed by atoms with E-state index in [0.717, 1.165) is 72.4 Å². The minimum atomic E-state index is -0.893. The van der Waals surface area contributed by atoms with Crippen LogP contribution in [0.5, 0.6) is 17.2 Å². The molecule has 330 valence electrons. The number of benzene rings is 3. The van der Waals surface area contributed by atoms with E-state index < -0.39 is 18.7 Å². The number of hydrogen-bond donors (Lipinski definition) is 12. The normalized spacial score (nSPS) is 16.8. The van der Waals surface area contributed by atoms with Gasteiger partial charge in [0.2, 0.25) is 0 Å². The first kappa shape index (κ1) is 48.2. The summed E-state index contributed by atoms with van der Waals surface area (Å²) in [4.78, 5) is 7.02. The maximum absolute atomic E-state index is 11.4. The van der Waals surface area contributed by atoms with Gasteiger partial charge in [0.15, 0.2) is 0 Å². The van der Waals surface area contributed by atoms with Crippen LogP contribution in [0.4, 0.5) is 0 Å². The molecule has 3 aromatic carbocycles. The third-order valence-corrected chi connectivity index (χ3v) is 10.8. The van der Waals surface area contributed by atoms with Crippen molar-refractivity contribution in [2.45, 2.75) is 111 Å². The fourth-order valence-electron chi connectivity index (χ4n) is 7.78. The third-order valence-electron chi connectivity index (χ3n) is 10.8. The molecule has 0 spiro atoms. The van der Waals surface area contributed by atoms with Gasteiger partial charge in [-0.15, -0.1) is 0 Å². The number of aliphatic hydroxyl groups is 6. The summed E-state index contributed by atoms with van der Waals surface area (Å²) < 4.78 is 0. The van der Waals surface area contributed by atoms with Gasteiger partial charge in [-0.05, 0) is 59.8 Å². The summed E-state index contributed by atoms with van der Waals surface area (Å²) >= 11 is 0. The molecule has 1 fully saturated rings. The number of rotatable bonds is 21. The Labute approximate surface area is 349 Å².